The van der Waals surface area contributed by atoms with E-state index in [1.807, 2.05) is 67.6 Å². The standard InChI is InChI=1S/C32H32FNO3/c1-20-12-13-22(18-28(20)32(35)36-3)29-19-23(37-31-11-7-6-10-27(29)31)16-17-34-21(2)24-14-15-30(33)26-9-5-4-8-25(24)26/h4-15,18,21,23,29,34H,16-17,19H2,1-3H3/t21-,23-,29-/m1/s1. The fourth-order valence-electron chi connectivity index (χ4n) is 5.41. The first-order valence-corrected chi connectivity index (χ1v) is 12.8. The number of hydrogen-bond donors (Lipinski definition) is 1. The molecule has 0 saturated carbocycles. The van der Waals surface area contributed by atoms with Gasteiger partial charge in [0.15, 0.2) is 0 Å². The molecule has 0 bridgehead atoms. The van der Waals surface area contributed by atoms with Gasteiger partial charge < -0.3 is 14.8 Å². The largest absolute Gasteiger partial charge is 0.490 e. The van der Waals surface area contributed by atoms with Crippen molar-refractivity contribution < 1.29 is 18.7 Å². The lowest BCUT2D eigenvalue weighted by Crippen LogP contribution is -2.31. The third-order valence-corrected chi connectivity index (χ3v) is 7.44. The van der Waals surface area contributed by atoms with Gasteiger partial charge in [0, 0.05) is 22.9 Å². The van der Waals surface area contributed by atoms with Gasteiger partial charge >= 0.3 is 5.97 Å². The molecule has 0 aliphatic carbocycles. The highest BCUT2D eigenvalue weighted by Crippen LogP contribution is 2.41. The van der Waals surface area contributed by atoms with E-state index in [2.05, 4.69) is 24.4 Å². The maximum atomic E-state index is 14.3. The first-order valence-electron chi connectivity index (χ1n) is 12.8. The molecule has 1 heterocycles. The number of carbonyl (C=O) groups is 1. The molecule has 4 aromatic carbocycles. The number of fused-ring (bicyclic) bond motifs is 2. The van der Waals surface area contributed by atoms with Gasteiger partial charge in [-0.25, -0.2) is 9.18 Å². The number of benzene rings is 4. The maximum Gasteiger partial charge on any atom is 0.338 e. The molecule has 0 amide bonds. The van der Waals surface area contributed by atoms with Gasteiger partial charge in [-0.3, -0.25) is 0 Å². The van der Waals surface area contributed by atoms with Crippen LogP contribution in [0.4, 0.5) is 4.39 Å². The van der Waals surface area contributed by atoms with E-state index in [0.29, 0.717) is 10.9 Å². The Hall–Kier alpha value is -3.70. The summed E-state index contributed by atoms with van der Waals surface area (Å²) >= 11 is 0. The van der Waals surface area contributed by atoms with E-state index in [-0.39, 0.29) is 29.9 Å². The predicted octanol–water partition coefficient (Wildman–Crippen LogP) is 7.10. The van der Waals surface area contributed by atoms with Crippen molar-refractivity contribution >= 4 is 16.7 Å². The Balaban J connectivity index is 1.32. The molecule has 3 atom stereocenters. The van der Waals surface area contributed by atoms with Crippen LogP contribution in [0.15, 0.2) is 78.9 Å². The zero-order valence-corrected chi connectivity index (χ0v) is 21.5. The second-order valence-electron chi connectivity index (χ2n) is 9.78. The quantitative estimate of drug-likeness (QED) is 0.277. The monoisotopic (exact) mass is 497 g/mol. The molecule has 4 nitrogen and oxygen atoms in total. The average molecular weight is 498 g/mol. The van der Waals surface area contributed by atoms with Gasteiger partial charge in [-0.1, -0.05) is 60.7 Å². The SMILES string of the molecule is COC(=O)c1cc([C@H]2C[C@@H](CCN[C@H](C)c3ccc(F)c4ccccc34)Oc3ccccc32)ccc1C. The molecule has 1 aliphatic rings. The van der Waals surface area contributed by atoms with Gasteiger partial charge in [-0.15, -0.1) is 0 Å². The van der Waals surface area contributed by atoms with Crippen molar-refractivity contribution in [3.05, 3.63) is 112 Å². The van der Waals surface area contributed by atoms with E-state index in [4.69, 9.17) is 9.47 Å². The molecule has 0 unspecified atom stereocenters. The number of aryl methyl sites for hydroxylation is 1. The molecule has 0 spiro atoms. The van der Waals surface area contributed by atoms with Crippen LogP contribution in [0.3, 0.4) is 0 Å². The average Bonchev–Trinajstić information content (AvgIpc) is 2.93. The van der Waals surface area contributed by atoms with Gasteiger partial charge in [0.2, 0.25) is 0 Å². The van der Waals surface area contributed by atoms with Crippen molar-refractivity contribution in [2.45, 2.75) is 44.8 Å². The third-order valence-electron chi connectivity index (χ3n) is 7.44. The van der Waals surface area contributed by atoms with Crippen LogP contribution in [0.1, 0.15) is 64.3 Å². The fraction of sp³-hybridized carbons (Fsp3) is 0.281. The molecule has 0 fully saturated rings. The highest BCUT2D eigenvalue weighted by molar-refractivity contribution is 5.91. The summed E-state index contributed by atoms with van der Waals surface area (Å²) in [7, 11) is 1.41. The van der Waals surface area contributed by atoms with E-state index < -0.39 is 0 Å². The Morgan fingerprint density at radius 2 is 1.81 bits per heavy atom. The van der Waals surface area contributed by atoms with E-state index in [1.165, 1.54) is 7.11 Å². The van der Waals surface area contributed by atoms with Crippen molar-refractivity contribution in [3.63, 3.8) is 0 Å². The van der Waals surface area contributed by atoms with Crippen LogP contribution in [0.5, 0.6) is 5.75 Å². The Morgan fingerprint density at radius 3 is 2.62 bits per heavy atom. The molecule has 0 saturated heterocycles. The minimum Gasteiger partial charge on any atom is -0.490 e. The minimum atomic E-state index is -0.317. The second kappa shape index (κ2) is 10.7. The van der Waals surface area contributed by atoms with E-state index in [9.17, 15) is 9.18 Å². The Kier molecular flexibility index (Phi) is 7.24. The zero-order valence-electron chi connectivity index (χ0n) is 21.5. The molecule has 190 valence electrons. The number of halogens is 1. The summed E-state index contributed by atoms with van der Waals surface area (Å²) < 4.78 is 25.7. The number of carbonyl (C=O) groups excluding carboxylic acids is 1. The van der Waals surface area contributed by atoms with Gasteiger partial charge in [0.25, 0.3) is 0 Å². The molecule has 5 heteroatoms. The van der Waals surface area contributed by atoms with Crippen LogP contribution in [0.25, 0.3) is 10.8 Å². The van der Waals surface area contributed by atoms with Crippen LogP contribution in [-0.4, -0.2) is 25.7 Å². The van der Waals surface area contributed by atoms with E-state index in [1.54, 1.807) is 6.07 Å². The van der Waals surface area contributed by atoms with Gasteiger partial charge in [-0.05, 0) is 73.5 Å². The van der Waals surface area contributed by atoms with Crippen molar-refractivity contribution in [1.29, 1.82) is 0 Å². The summed E-state index contributed by atoms with van der Waals surface area (Å²) in [5.74, 6) is 0.500. The molecule has 0 aromatic heterocycles. The normalized spacial score (nSPS) is 17.6. The van der Waals surface area contributed by atoms with E-state index in [0.717, 1.165) is 52.8 Å². The molecule has 4 aromatic rings. The number of para-hydroxylation sites is 1. The smallest absolute Gasteiger partial charge is 0.338 e. The summed E-state index contributed by atoms with van der Waals surface area (Å²) in [6.45, 7) is 4.79. The Morgan fingerprint density at radius 1 is 1.05 bits per heavy atom. The van der Waals surface area contributed by atoms with Gasteiger partial charge in [0.1, 0.15) is 17.7 Å². The number of ether oxygens (including phenoxy) is 2. The Bertz CT molecular complexity index is 1430. The zero-order chi connectivity index (χ0) is 25.9. The molecular weight excluding hydrogens is 465 g/mol. The summed E-state index contributed by atoms with van der Waals surface area (Å²) in [5.41, 5.74) is 4.81. The lowest BCUT2D eigenvalue weighted by molar-refractivity contribution is 0.0599. The van der Waals surface area contributed by atoms with Gasteiger partial charge in [-0.2, -0.15) is 0 Å². The fourth-order valence-corrected chi connectivity index (χ4v) is 5.41. The van der Waals surface area contributed by atoms with Crippen LogP contribution in [0, 0.1) is 12.7 Å². The first kappa shape index (κ1) is 25.0. The lowest BCUT2D eigenvalue weighted by Gasteiger charge is -2.33. The third kappa shape index (κ3) is 5.09. The van der Waals surface area contributed by atoms with Crippen LogP contribution < -0.4 is 10.1 Å². The number of rotatable bonds is 7. The predicted molar refractivity (Wildman–Crippen MR) is 145 cm³/mol. The maximum absolute atomic E-state index is 14.3. The van der Waals surface area contributed by atoms with Crippen LogP contribution >= 0.6 is 0 Å². The summed E-state index contributed by atoms with van der Waals surface area (Å²) in [6.07, 6.45) is 1.66. The summed E-state index contributed by atoms with van der Waals surface area (Å²) in [5, 5.41) is 5.19. The number of esters is 1. The number of hydrogen-bond acceptors (Lipinski definition) is 4. The highest BCUT2D eigenvalue weighted by Gasteiger charge is 2.30. The minimum absolute atomic E-state index is 0.0208. The molecule has 1 aliphatic heterocycles. The second-order valence-corrected chi connectivity index (χ2v) is 9.78. The van der Waals surface area contributed by atoms with Crippen molar-refractivity contribution in [2.75, 3.05) is 13.7 Å². The van der Waals surface area contributed by atoms with Crippen molar-refractivity contribution in [2.24, 2.45) is 0 Å². The lowest BCUT2D eigenvalue weighted by atomic mass is 9.82. The highest BCUT2D eigenvalue weighted by atomic mass is 19.1. The molecular formula is C32H32FNO3. The topological polar surface area (TPSA) is 47.6 Å². The van der Waals surface area contributed by atoms with E-state index >= 15 is 0 Å². The van der Waals surface area contributed by atoms with Crippen molar-refractivity contribution in [3.8, 4) is 5.75 Å². The van der Waals surface area contributed by atoms with Crippen LogP contribution in [0.2, 0.25) is 0 Å². The van der Waals surface area contributed by atoms with Crippen LogP contribution in [-0.2, 0) is 4.74 Å². The molecule has 1 N–H and O–H groups in total. The van der Waals surface area contributed by atoms with Crippen molar-refractivity contribution in [1.82, 2.24) is 5.32 Å². The molecule has 0 radical (unpaired) electrons. The first-order chi connectivity index (χ1) is 18.0. The summed E-state index contributed by atoms with van der Waals surface area (Å²) in [4.78, 5) is 12.3. The Labute approximate surface area is 217 Å². The molecule has 37 heavy (non-hydrogen) atoms. The van der Waals surface area contributed by atoms with Gasteiger partial charge in [0.05, 0.1) is 12.7 Å². The molecule has 5 rings (SSSR count). The number of methoxy groups -OCH3 is 1. The summed E-state index contributed by atoms with van der Waals surface area (Å²) in [6, 6.07) is 25.3. The number of nitrogens with one attached hydrogen (secondary N) is 1.